The summed E-state index contributed by atoms with van der Waals surface area (Å²) in [5.41, 5.74) is 3.58. The molecule has 0 bridgehead atoms. The number of H-pyrrole nitrogens is 1. The Morgan fingerprint density at radius 3 is 2.67 bits per heavy atom. The quantitative estimate of drug-likeness (QED) is 0.722. The van der Waals surface area contributed by atoms with E-state index < -0.39 is 0 Å². The van der Waals surface area contributed by atoms with Crippen molar-refractivity contribution in [2.24, 2.45) is 0 Å². The number of carbonyl (C=O) groups is 1. The third-order valence-corrected chi connectivity index (χ3v) is 5.54. The van der Waals surface area contributed by atoms with E-state index in [9.17, 15) is 4.79 Å². The lowest BCUT2D eigenvalue weighted by atomic mass is 10.1. The Bertz CT molecular complexity index is 928. The van der Waals surface area contributed by atoms with Gasteiger partial charge in [0.2, 0.25) is 5.91 Å². The van der Waals surface area contributed by atoms with Gasteiger partial charge < -0.3 is 9.88 Å². The number of rotatable bonds is 5. The lowest BCUT2D eigenvalue weighted by Crippen LogP contribution is -2.48. The summed E-state index contributed by atoms with van der Waals surface area (Å²) in [5, 5.41) is 2.00. The minimum Gasteiger partial charge on any atom is -0.361 e. The molecule has 1 fully saturated rings. The molecule has 2 aromatic carbocycles. The summed E-state index contributed by atoms with van der Waals surface area (Å²) < 4.78 is 0. The van der Waals surface area contributed by atoms with Gasteiger partial charge in [-0.25, -0.2) is 0 Å². The number of piperazine rings is 1. The molecule has 1 N–H and O–H groups in total. The van der Waals surface area contributed by atoms with Gasteiger partial charge >= 0.3 is 0 Å². The van der Waals surface area contributed by atoms with Crippen LogP contribution < -0.4 is 0 Å². The van der Waals surface area contributed by atoms with Gasteiger partial charge in [-0.2, -0.15) is 0 Å². The van der Waals surface area contributed by atoms with Gasteiger partial charge in [0, 0.05) is 61.3 Å². The van der Waals surface area contributed by atoms with E-state index in [2.05, 4.69) is 28.1 Å². The molecule has 0 unspecified atom stereocenters. The largest absolute Gasteiger partial charge is 0.361 e. The number of benzene rings is 2. The van der Waals surface area contributed by atoms with E-state index in [4.69, 9.17) is 11.6 Å². The number of para-hydroxylation sites is 1. The summed E-state index contributed by atoms with van der Waals surface area (Å²) in [6, 6.07) is 16.2. The predicted octanol–water partition coefficient (Wildman–Crippen LogP) is 4.10. The highest BCUT2D eigenvalue weighted by atomic mass is 35.5. The number of amides is 1. The molecule has 4 nitrogen and oxygen atoms in total. The fourth-order valence-electron chi connectivity index (χ4n) is 3.79. The van der Waals surface area contributed by atoms with Gasteiger partial charge in [-0.15, -0.1) is 0 Å². The van der Waals surface area contributed by atoms with Crippen molar-refractivity contribution >= 4 is 28.4 Å². The molecule has 1 aromatic heterocycles. The average Bonchev–Trinajstić information content (AvgIpc) is 3.10. The molecule has 3 aromatic rings. The van der Waals surface area contributed by atoms with Crippen LogP contribution in [0.4, 0.5) is 0 Å². The number of carbonyl (C=O) groups excluding carboxylic acids is 1. The molecular weight excluding hydrogens is 358 g/mol. The number of hydrogen-bond acceptors (Lipinski definition) is 2. The molecule has 0 atom stereocenters. The number of hydrogen-bond donors (Lipinski definition) is 1. The molecule has 0 spiro atoms. The number of halogens is 1. The van der Waals surface area contributed by atoms with Gasteiger partial charge in [-0.1, -0.05) is 41.9 Å². The van der Waals surface area contributed by atoms with E-state index in [1.807, 2.05) is 41.4 Å². The standard InChI is InChI=1S/C22H24ClN3O/c23-19-5-3-4-17(14-19)16-25-10-12-26(13-11-25)22(27)9-8-18-15-24-21-7-2-1-6-20(18)21/h1-7,14-15,24H,8-13,16H2. The minimum absolute atomic E-state index is 0.252. The molecule has 5 heteroatoms. The molecular formula is C22H24ClN3O. The Labute approximate surface area is 164 Å². The Kier molecular flexibility index (Phi) is 5.46. The number of aromatic amines is 1. The lowest BCUT2D eigenvalue weighted by molar-refractivity contribution is -0.132. The van der Waals surface area contributed by atoms with E-state index in [0.29, 0.717) is 6.42 Å². The second kappa shape index (κ2) is 8.15. The van der Waals surface area contributed by atoms with E-state index in [1.54, 1.807) is 0 Å². The first-order chi connectivity index (χ1) is 13.2. The zero-order valence-corrected chi connectivity index (χ0v) is 16.1. The molecule has 1 aliphatic heterocycles. The predicted molar refractivity (Wildman–Crippen MR) is 110 cm³/mol. The smallest absolute Gasteiger partial charge is 0.222 e. The fourth-order valence-corrected chi connectivity index (χ4v) is 4.00. The van der Waals surface area contributed by atoms with Crippen molar-refractivity contribution < 1.29 is 4.79 Å². The van der Waals surface area contributed by atoms with E-state index in [0.717, 1.165) is 49.7 Å². The van der Waals surface area contributed by atoms with Crippen molar-refractivity contribution in [3.8, 4) is 0 Å². The third kappa shape index (κ3) is 4.34. The first-order valence-corrected chi connectivity index (χ1v) is 9.86. The molecule has 4 rings (SSSR count). The maximum absolute atomic E-state index is 12.6. The van der Waals surface area contributed by atoms with Gasteiger partial charge in [0.1, 0.15) is 0 Å². The number of aryl methyl sites for hydroxylation is 1. The number of nitrogens with one attached hydrogen (secondary N) is 1. The van der Waals surface area contributed by atoms with Gasteiger partial charge in [0.25, 0.3) is 0 Å². The van der Waals surface area contributed by atoms with Crippen LogP contribution in [0.2, 0.25) is 5.02 Å². The van der Waals surface area contributed by atoms with Crippen LogP contribution in [-0.2, 0) is 17.8 Å². The fraction of sp³-hybridized carbons (Fsp3) is 0.318. The highest BCUT2D eigenvalue weighted by molar-refractivity contribution is 6.30. The summed E-state index contributed by atoms with van der Waals surface area (Å²) in [5.74, 6) is 0.252. The van der Waals surface area contributed by atoms with Gasteiger partial charge in [0.15, 0.2) is 0 Å². The van der Waals surface area contributed by atoms with Crippen LogP contribution in [0, 0.1) is 0 Å². The highest BCUT2D eigenvalue weighted by Gasteiger charge is 2.21. The first-order valence-electron chi connectivity index (χ1n) is 9.48. The lowest BCUT2D eigenvalue weighted by Gasteiger charge is -2.34. The van der Waals surface area contributed by atoms with Gasteiger partial charge in [-0.3, -0.25) is 9.69 Å². The second-order valence-corrected chi connectivity index (χ2v) is 7.58. The Morgan fingerprint density at radius 2 is 1.85 bits per heavy atom. The summed E-state index contributed by atoms with van der Waals surface area (Å²) in [6.45, 7) is 4.30. The zero-order valence-electron chi connectivity index (χ0n) is 15.3. The Hall–Kier alpha value is -2.30. The molecule has 1 amide bonds. The molecule has 140 valence electrons. The van der Waals surface area contributed by atoms with Crippen LogP contribution in [0.5, 0.6) is 0 Å². The average molecular weight is 382 g/mol. The molecule has 2 heterocycles. The molecule has 27 heavy (non-hydrogen) atoms. The van der Waals surface area contributed by atoms with E-state index >= 15 is 0 Å². The number of fused-ring (bicyclic) bond motifs is 1. The van der Waals surface area contributed by atoms with Crippen molar-refractivity contribution in [1.82, 2.24) is 14.8 Å². The van der Waals surface area contributed by atoms with Crippen LogP contribution >= 0.6 is 11.6 Å². The molecule has 0 radical (unpaired) electrons. The van der Waals surface area contributed by atoms with Gasteiger partial charge in [-0.05, 0) is 35.7 Å². The zero-order chi connectivity index (χ0) is 18.6. The maximum Gasteiger partial charge on any atom is 0.222 e. The molecule has 0 saturated carbocycles. The monoisotopic (exact) mass is 381 g/mol. The minimum atomic E-state index is 0.252. The van der Waals surface area contributed by atoms with Crippen molar-refractivity contribution in [2.75, 3.05) is 26.2 Å². The summed E-state index contributed by atoms with van der Waals surface area (Å²) in [7, 11) is 0. The normalized spacial score (nSPS) is 15.4. The Morgan fingerprint density at radius 1 is 1.04 bits per heavy atom. The van der Waals surface area contributed by atoms with E-state index in [-0.39, 0.29) is 5.91 Å². The topological polar surface area (TPSA) is 39.3 Å². The van der Waals surface area contributed by atoms with Crippen molar-refractivity contribution in [1.29, 1.82) is 0 Å². The maximum atomic E-state index is 12.6. The molecule has 1 saturated heterocycles. The van der Waals surface area contributed by atoms with Gasteiger partial charge in [0.05, 0.1) is 0 Å². The summed E-state index contributed by atoms with van der Waals surface area (Å²) in [6.07, 6.45) is 3.38. The van der Waals surface area contributed by atoms with E-state index in [1.165, 1.54) is 16.5 Å². The second-order valence-electron chi connectivity index (χ2n) is 7.15. The highest BCUT2D eigenvalue weighted by Crippen LogP contribution is 2.20. The first kappa shape index (κ1) is 18.1. The van der Waals surface area contributed by atoms with Crippen LogP contribution in [0.1, 0.15) is 17.5 Å². The molecule has 0 aliphatic carbocycles. The van der Waals surface area contributed by atoms with Crippen molar-refractivity contribution in [3.05, 3.63) is 70.9 Å². The Balaban J connectivity index is 1.27. The molecule has 1 aliphatic rings. The number of nitrogens with zero attached hydrogens (tertiary/aromatic N) is 2. The van der Waals surface area contributed by atoms with Crippen molar-refractivity contribution in [2.45, 2.75) is 19.4 Å². The van der Waals surface area contributed by atoms with Crippen LogP contribution in [-0.4, -0.2) is 46.9 Å². The van der Waals surface area contributed by atoms with Crippen LogP contribution in [0.25, 0.3) is 10.9 Å². The van der Waals surface area contributed by atoms with Crippen LogP contribution in [0.15, 0.2) is 54.7 Å². The van der Waals surface area contributed by atoms with Crippen molar-refractivity contribution in [3.63, 3.8) is 0 Å². The number of aromatic nitrogens is 1. The summed E-state index contributed by atoms with van der Waals surface area (Å²) >= 11 is 6.07. The SMILES string of the molecule is O=C(CCc1c[nH]c2ccccc12)N1CCN(Cc2cccc(Cl)c2)CC1. The van der Waals surface area contributed by atoms with Crippen LogP contribution in [0.3, 0.4) is 0 Å². The summed E-state index contributed by atoms with van der Waals surface area (Å²) in [4.78, 5) is 20.3. The third-order valence-electron chi connectivity index (χ3n) is 5.30.